The molecule has 0 unspecified atom stereocenters. The maximum absolute atomic E-state index is 5.98. The van der Waals surface area contributed by atoms with Gasteiger partial charge in [0.1, 0.15) is 11.5 Å². The van der Waals surface area contributed by atoms with E-state index in [1.165, 1.54) is 0 Å². The fourth-order valence-electron chi connectivity index (χ4n) is 1.95. The van der Waals surface area contributed by atoms with E-state index in [0.29, 0.717) is 11.5 Å². The smallest absolute Gasteiger partial charge is 0.272 e. The van der Waals surface area contributed by atoms with Gasteiger partial charge in [0.05, 0.1) is 12.8 Å². The molecule has 0 bridgehead atoms. The van der Waals surface area contributed by atoms with Crippen LogP contribution in [0.2, 0.25) is 0 Å². The van der Waals surface area contributed by atoms with Crippen molar-refractivity contribution in [2.75, 3.05) is 0 Å². The number of terminal acetylenes is 2. The van der Waals surface area contributed by atoms with Crippen LogP contribution in [0.3, 0.4) is 0 Å². The normalized spacial score (nSPS) is 10.2. The van der Waals surface area contributed by atoms with E-state index in [2.05, 4.69) is 11.8 Å². The summed E-state index contributed by atoms with van der Waals surface area (Å²) in [5.74, 6) is 5.44. The molecule has 0 fully saturated rings. The van der Waals surface area contributed by atoms with Gasteiger partial charge in [-0.05, 0) is 24.3 Å². The van der Waals surface area contributed by atoms with Crippen LogP contribution in [0.15, 0.2) is 60.7 Å². The molecule has 0 amide bonds. The minimum Gasteiger partial charge on any atom is -0.450 e. The Balaban J connectivity index is 2.29. The molecule has 0 aliphatic heterocycles. The van der Waals surface area contributed by atoms with Crippen LogP contribution in [0.5, 0.6) is 11.5 Å². The molecule has 2 aromatic carbocycles. The summed E-state index contributed by atoms with van der Waals surface area (Å²) < 4.78 is 12.0. The van der Waals surface area contributed by atoms with Crippen molar-refractivity contribution in [1.29, 1.82) is 0 Å². The van der Waals surface area contributed by atoms with Gasteiger partial charge in [0.15, 0.2) is 0 Å². The second-order valence-electron chi connectivity index (χ2n) is 4.50. The molecule has 21 heavy (non-hydrogen) atoms. The molecule has 0 saturated carbocycles. The fraction of sp³-hybridized carbons (Fsp3) is 0.158. The number of hydrogen-bond donors (Lipinski definition) is 0. The molecule has 2 nitrogen and oxygen atoms in total. The second kappa shape index (κ2) is 7.08. The molecular formula is C19H16O2. The lowest BCUT2D eigenvalue weighted by Crippen LogP contribution is -2.42. The SMILES string of the molecule is C#CCC(CC#C)(Oc1ccccc1)Oc1ccccc1. The van der Waals surface area contributed by atoms with Gasteiger partial charge in [0.25, 0.3) is 5.79 Å². The molecule has 0 aliphatic rings. The van der Waals surface area contributed by atoms with Crippen molar-refractivity contribution in [2.24, 2.45) is 0 Å². The molecule has 0 radical (unpaired) electrons. The maximum atomic E-state index is 5.98. The predicted molar refractivity (Wildman–Crippen MR) is 83.8 cm³/mol. The highest BCUT2D eigenvalue weighted by Gasteiger charge is 2.33. The number of hydrogen-bond acceptors (Lipinski definition) is 2. The third-order valence-corrected chi connectivity index (χ3v) is 2.84. The molecule has 0 aliphatic carbocycles. The van der Waals surface area contributed by atoms with Gasteiger partial charge < -0.3 is 9.47 Å². The first-order valence-corrected chi connectivity index (χ1v) is 6.63. The highest BCUT2D eigenvalue weighted by atomic mass is 16.7. The Labute approximate surface area is 125 Å². The maximum Gasteiger partial charge on any atom is 0.272 e. The van der Waals surface area contributed by atoms with E-state index in [-0.39, 0.29) is 12.8 Å². The highest BCUT2D eigenvalue weighted by Crippen LogP contribution is 2.28. The van der Waals surface area contributed by atoms with E-state index >= 15 is 0 Å². The van der Waals surface area contributed by atoms with E-state index in [9.17, 15) is 0 Å². The summed E-state index contributed by atoms with van der Waals surface area (Å²) in [6, 6.07) is 18.7. The van der Waals surface area contributed by atoms with Crippen molar-refractivity contribution in [3.63, 3.8) is 0 Å². The third-order valence-electron chi connectivity index (χ3n) is 2.84. The first-order valence-electron chi connectivity index (χ1n) is 6.63. The van der Waals surface area contributed by atoms with Gasteiger partial charge in [0, 0.05) is 0 Å². The fourth-order valence-corrected chi connectivity index (χ4v) is 1.95. The Hall–Kier alpha value is -2.84. The first kappa shape index (κ1) is 14.6. The van der Waals surface area contributed by atoms with Crippen LogP contribution in [0.4, 0.5) is 0 Å². The Bertz CT molecular complexity index is 573. The Morgan fingerprint density at radius 1 is 0.714 bits per heavy atom. The molecule has 2 heteroatoms. The molecule has 0 N–H and O–H groups in total. The first-order chi connectivity index (χ1) is 10.3. The summed E-state index contributed by atoms with van der Waals surface area (Å²) in [5.41, 5.74) is 0. The van der Waals surface area contributed by atoms with Crippen LogP contribution in [0, 0.1) is 24.7 Å². The monoisotopic (exact) mass is 276 g/mol. The van der Waals surface area contributed by atoms with E-state index in [1.807, 2.05) is 60.7 Å². The van der Waals surface area contributed by atoms with Gasteiger partial charge in [-0.2, -0.15) is 0 Å². The van der Waals surface area contributed by atoms with Crippen molar-refractivity contribution >= 4 is 0 Å². The second-order valence-corrected chi connectivity index (χ2v) is 4.50. The Morgan fingerprint density at radius 2 is 1.10 bits per heavy atom. The van der Waals surface area contributed by atoms with Gasteiger partial charge in [0.2, 0.25) is 0 Å². The van der Waals surface area contributed by atoms with Gasteiger partial charge in [-0.15, -0.1) is 12.8 Å². The van der Waals surface area contributed by atoms with Crippen LogP contribution in [0.25, 0.3) is 0 Å². The van der Waals surface area contributed by atoms with Gasteiger partial charge in [-0.3, -0.25) is 0 Å². The molecular weight excluding hydrogens is 260 g/mol. The number of para-hydroxylation sites is 2. The zero-order chi connectivity index (χ0) is 15.0. The summed E-state index contributed by atoms with van der Waals surface area (Å²) in [5, 5.41) is 0. The van der Waals surface area contributed by atoms with Crippen molar-refractivity contribution in [2.45, 2.75) is 18.6 Å². The van der Waals surface area contributed by atoms with Gasteiger partial charge in [-0.25, -0.2) is 0 Å². The molecule has 104 valence electrons. The quantitative estimate of drug-likeness (QED) is 0.588. The lowest BCUT2D eigenvalue weighted by Gasteiger charge is -2.32. The number of ether oxygens (including phenoxy) is 2. The van der Waals surface area contributed by atoms with Crippen LogP contribution in [-0.4, -0.2) is 5.79 Å². The zero-order valence-corrected chi connectivity index (χ0v) is 11.7. The molecule has 0 spiro atoms. The standard InChI is InChI=1S/C19H16O2/c1-3-15-19(16-4-2,20-17-11-7-5-8-12-17)21-18-13-9-6-10-14-18/h1-2,5-14H,15-16H2. The summed E-state index contributed by atoms with van der Waals surface area (Å²) >= 11 is 0. The zero-order valence-electron chi connectivity index (χ0n) is 11.7. The largest absolute Gasteiger partial charge is 0.450 e. The third kappa shape index (κ3) is 4.06. The lowest BCUT2D eigenvalue weighted by molar-refractivity contribution is -0.105. The van der Waals surface area contributed by atoms with Crippen molar-refractivity contribution in [3.05, 3.63) is 60.7 Å². The average Bonchev–Trinajstić information content (AvgIpc) is 2.50. The molecule has 0 atom stereocenters. The van der Waals surface area contributed by atoms with Crippen LogP contribution in [-0.2, 0) is 0 Å². The molecule has 2 aromatic rings. The Kier molecular flexibility index (Phi) is 4.91. The summed E-state index contributed by atoms with van der Waals surface area (Å²) in [7, 11) is 0. The summed E-state index contributed by atoms with van der Waals surface area (Å²) in [6.45, 7) is 0. The lowest BCUT2D eigenvalue weighted by atomic mass is 10.1. The number of benzene rings is 2. The molecule has 0 aromatic heterocycles. The van der Waals surface area contributed by atoms with E-state index in [0.717, 1.165) is 0 Å². The summed E-state index contributed by atoms with van der Waals surface area (Å²) in [4.78, 5) is 0. The molecule has 2 rings (SSSR count). The van der Waals surface area contributed by atoms with Crippen molar-refractivity contribution in [1.82, 2.24) is 0 Å². The van der Waals surface area contributed by atoms with Crippen LogP contribution >= 0.6 is 0 Å². The van der Waals surface area contributed by atoms with Crippen molar-refractivity contribution < 1.29 is 9.47 Å². The van der Waals surface area contributed by atoms with Gasteiger partial charge >= 0.3 is 0 Å². The van der Waals surface area contributed by atoms with E-state index < -0.39 is 5.79 Å². The topological polar surface area (TPSA) is 18.5 Å². The molecule has 0 saturated heterocycles. The van der Waals surface area contributed by atoms with Crippen LogP contribution < -0.4 is 9.47 Å². The van der Waals surface area contributed by atoms with E-state index in [1.54, 1.807) is 0 Å². The average molecular weight is 276 g/mol. The Morgan fingerprint density at radius 3 is 1.43 bits per heavy atom. The van der Waals surface area contributed by atoms with E-state index in [4.69, 9.17) is 22.3 Å². The minimum absolute atomic E-state index is 0.251. The predicted octanol–water partition coefficient (Wildman–Crippen LogP) is 3.89. The highest BCUT2D eigenvalue weighted by molar-refractivity contribution is 5.25. The summed E-state index contributed by atoms with van der Waals surface area (Å²) in [6.07, 6.45) is 11.4. The van der Waals surface area contributed by atoms with Crippen molar-refractivity contribution in [3.8, 4) is 36.2 Å². The number of rotatable bonds is 6. The molecule has 0 heterocycles. The van der Waals surface area contributed by atoms with Crippen LogP contribution in [0.1, 0.15) is 12.8 Å². The minimum atomic E-state index is -1.06. The van der Waals surface area contributed by atoms with Gasteiger partial charge in [-0.1, -0.05) is 48.2 Å².